The second-order valence-electron chi connectivity index (χ2n) is 5.90. The van der Waals surface area contributed by atoms with Crippen LogP contribution in [0.1, 0.15) is 0 Å². The average Bonchev–Trinajstić information content (AvgIpc) is 3.13. The summed E-state index contributed by atoms with van der Waals surface area (Å²) in [5.74, 6) is 1.58. The second-order valence-corrected chi connectivity index (χ2v) is 5.90. The minimum atomic E-state index is -0.470. The molecule has 0 spiro atoms. The van der Waals surface area contributed by atoms with Gasteiger partial charge in [-0.3, -0.25) is 0 Å². The van der Waals surface area contributed by atoms with Gasteiger partial charge in [-0.05, 0) is 48.5 Å². The van der Waals surface area contributed by atoms with E-state index in [9.17, 15) is 4.39 Å². The number of halogens is 1. The fourth-order valence-corrected chi connectivity index (χ4v) is 2.65. The Hall–Kier alpha value is -2.57. The van der Waals surface area contributed by atoms with Crippen molar-refractivity contribution in [2.45, 2.75) is 0 Å². The minimum absolute atomic E-state index is 0.117. The molecule has 27 heavy (non-hydrogen) atoms. The highest BCUT2D eigenvalue weighted by atomic mass is 19.1. The lowest BCUT2D eigenvalue weighted by molar-refractivity contribution is 0.0325. The third kappa shape index (κ3) is 5.45. The molecule has 3 rings (SSSR count). The number of hydrogen-bond donors (Lipinski definition) is 1. The molecular formula is C21H24FNO4. The van der Waals surface area contributed by atoms with Crippen molar-refractivity contribution in [1.82, 2.24) is 0 Å². The van der Waals surface area contributed by atoms with E-state index in [0.29, 0.717) is 26.4 Å². The number of furan rings is 1. The highest BCUT2D eigenvalue weighted by Crippen LogP contribution is 2.30. The minimum Gasteiger partial charge on any atom is -0.491 e. The Kier molecular flexibility index (Phi) is 7.07. The maximum Gasteiger partial charge on any atom is 0.135 e. The van der Waals surface area contributed by atoms with Crippen LogP contribution in [0.15, 0.2) is 52.9 Å². The lowest BCUT2D eigenvalue weighted by Crippen LogP contribution is -2.11. The molecule has 0 atom stereocenters. The molecule has 0 aliphatic carbocycles. The molecule has 1 aromatic heterocycles. The number of rotatable bonds is 11. The van der Waals surface area contributed by atoms with Crippen LogP contribution in [0.5, 0.6) is 5.75 Å². The zero-order valence-corrected chi connectivity index (χ0v) is 15.4. The Morgan fingerprint density at radius 1 is 0.889 bits per heavy atom. The van der Waals surface area contributed by atoms with Crippen molar-refractivity contribution in [1.29, 1.82) is 0 Å². The monoisotopic (exact) mass is 373 g/mol. The quantitative estimate of drug-likeness (QED) is 0.501. The van der Waals surface area contributed by atoms with E-state index in [4.69, 9.17) is 18.6 Å². The number of benzene rings is 2. The second kappa shape index (κ2) is 9.94. The van der Waals surface area contributed by atoms with Gasteiger partial charge in [0.2, 0.25) is 0 Å². The molecule has 1 heterocycles. The first-order valence-corrected chi connectivity index (χ1v) is 8.96. The smallest absolute Gasteiger partial charge is 0.135 e. The predicted octanol–water partition coefficient (Wildman–Crippen LogP) is 4.52. The fraction of sp³-hybridized carbons (Fsp3) is 0.333. The summed E-state index contributed by atoms with van der Waals surface area (Å²) >= 11 is 0. The molecule has 0 bridgehead atoms. The van der Waals surface area contributed by atoms with Gasteiger partial charge in [-0.2, -0.15) is 0 Å². The molecule has 144 valence electrons. The van der Waals surface area contributed by atoms with E-state index in [0.717, 1.165) is 33.7 Å². The summed E-state index contributed by atoms with van der Waals surface area (Å²) in [6, 6.07) is 15.8. The van der Waals surface area contributed by atoms with Gasteiger partial charge in [0, 0.05) is 23.7 Å². The number of hydrogen-bond acceptors (Lipinski definition) is 5. The molecule has 3 aromatic rings. The van der Waals surface area contributed by atoms with Crippen molar-refractivity contribution in [3.63, 3.8) is 0 Å². The highest BCUT2D eigenvalue weighted by molar-refractivity contribution is 5.84. The van der Waals surface area contributed by atoms with Crippen LogP contribution < -0.4 is 10.1 Å². The molecule has 0 saturated carbocycles. The summed E-state index contributed by atoms with van der Waals surface area (Å²) in [5, 5.41) is 4.09. The van der Waals surface area contributed by atoms with Crippen LogP contribution in [0.4, 0.5) is 10.1 Å². The maximum absolute atomic E-state index is 11.9. The molecular weight excluding hydrogens is 349 g/mol. The third-order valence-electron chi connectivity index (χ3n) is 4.04. The van der Waals surface area contributed by atoms with Crippen LogP contribution >= 0.6 is 0 Å². The number of fused-ring (bicyclic) bond motifs is 1. The standard InChI is InChI=1S/C21H24FNO4/c1-23-18-4-2-16(3-5-18)21-15-17-14-19(6-7-20(17)27-21)26-13-12-25-11-10-24-9-8-22/h2-7,14-15,23H,8-13H2,1H3. The van der Waals surface area contributed by atoms with Gasteiger partial charge >= 0.3 is 0 Å². The van der Waals surface area contributed by atoms with Crippen LogP contribution in [0.25, 0.3) is 22.3 Å². The molecule has 5 nitrogen and oxygen atoms in total. The van der Waals surface area contributed by atoms with Crippen LogP contribution in [0.2, 0.25) is 0 Å². The molecule has 0 amide bonds. The van der Waals surface area contributed by atoms with E-state index in [2.05, 4.69) is 5.32 Å². The van der Waals surface area contributed by atoms with Gasteiger partial charge in [-0.1, -0.05) is 0 Å². The van der Waals surface area contributed by atoms with E-state index in [1.807, 2.05) is 55.6 Å². The first kappa shape index (κ1) is 19.2. The van der Waals surface area contributed by atoms with E-state index in [1.54, 1.807) is 0 Å². The van der Waals surface area contributed by atoms with Gasteiger partial charge in [0.15, 0.2) is 0 Å². The third-order valence-corrected chi connectivity index (χ3v) is 4.04. The molecule has 1 N–H and O–H groups in total. The Morgan fingerprint density at radius 3 is 2.37 bits per heavy atom. The Balaban J connectivity index is 1.52. The molecule has 0 unspecified atom stereocenters. The topological polar surface area (TPSA) is 52.9 Å². The zero-order chi connectivity index (χ0) is 18.9. The van der Waals surface area contributed by atoms with Gasteiger partial charge in [0.05, 0.1) is 26.4 Å². The van der Waals surface area contributed by atoms with E-state index in [-0.39, 0.29) is 6.61 Å². The Labute approximate surface area is 158 Å². The van der Waals surface area contributed by atoms with Gasteiger partial charge in [-0.15, -0.1) is 0 Å². The van der Waals surface area contributed by atoms with Gasteiger partial charge in [-0.25, -0.2) is 4.39 Å². The molecule has 6 heteroatoms. The molecule has 0 fully saturated rings. The number of anilines is 1. The van der Waals surface area contributed by atoms with Crippen LogP contribution in [-0.4, -0.2) is 46.8 Å². The zero-order valence-electron chi connectivity index (χ0n) is 15.4. The maximum atomic E-state index is 11.9. The van der Waals surface area contributed by atoms with Gasteiger partial charge < -0.3 is 23.9 Å². The Morgan fingerprint density at radius 2 is 1.63 bits per heavy atom. The lowest BCUT2D eigenvalue weighted by atomic mass is 10.1. The Bertz CT molecular complexity index is 832. The van der Waals surface area contributed by atoms with E-state index in [1.165, 1.54) is 0 Å². The normalized spacial score (nSPS) is 11.0. The van der Waals surface area contributed by atoms with Crippen molar-refractivity contribution in [3.05, 3.63) is 48.5 Å². The molecule has 0 aliphatic rings. The van der Waals surface area contributed by atoms with E-state index >= 15 is 0 Å². The number of ether oxygens (including phenoxy) is 3. The van der Waals surface area contributed by atoms with Crippen molar-refractivity contribution in [2.75, 3.05) is 52.1 Å². The SMILES string of the molecule is CNc1ccc(-c2cc3cc(OCCOCCOCCF)ccc3o2)cc1. The van der Waals surface area contributed by atoms with Crippen molar-refractivity contribution in [3.8, 4) is 17.1 Å². The van der Waals surface area contributed by atoms with Gasteiger partial charge in [0.1, 0.15) is 30.4 Å². The first-order chi connectivity index (χ1) is 13.3. The number of nitrogens with one attached hydrogen (secondary N) is 1. The molecule has 2 aromatic carbocycles. The summed E-state index contributed by atoms with van der Waals surface area (Å²) < 4.78 is 33.9. The first-order valence-electron chi connectivity index (χ1n) is 8.96. The average molecular weight is 373 g/mol. The summed E-state index contributed by atoms with van der Waals surface area (Å²) in [6.07, 6.45) is 0. The summed E-state index contributed by atoms with van der Waals surface area (Å²) in [6.45, 7) is 1.36. The predicted molar refractivity (Wildman–Crippen MR) is 104 cm³/mol. The highest BCUT2D eigenvalue weighted by Gasteiger charge is 2.07. The van der Waals surface area contributed by atoms with Crippen molar-refractivity contribution >= 4 is 16.7 Å². The largest absolute Gasteiger partial charge is 0.491 e. The molecule has 0 saturated heterocycles. The van der Waals surface area contributed by atoms with Crippen molar-refractivity contribution < 1.29 is 23.0 Å². The summed E-state index contributed by atoms with van der Waals surface area (Å²) in [4.78, 5) is 0. The molecule has 0 aliphatic heterocycles. The van der Waals surface area contributed by atoms with Gasteiger partial charge in [0.25, 0.3) is 0 Å². The molecule has 0 radical (unpaired) electrons. The summed E-state index contributed by atoms with van der Waals surface area (Å²) in [5.41, 5.74) is 2.90. The number of alkyl halides is 1. The van der Waals surface area contributed by atoms with E-state index < -0.39 is 6.67 Å². The van der Waals surface area contributed by atoms with Crippen LogP contribution in [0.3, 0.4) is 0 Å². The van der Waals surface area contributed by atoms with Crippen LogP contribution in [-0.2, 0) is 9.47 Å². The van der Waals surface area contributed by atoms with Crippen LogP contribution in [0, 0.1) is 0 Å². The fourth-order valence-electron chi connectivity index (χ4n) is 2.65. The summed E-state index contributed by atoms with van der Waals surface area (Å²) in [7, 11) is 1.89. The lowest BCUT2D eigenvalue weighted by Gasteiger charge is -2.07. The van der Waals surface area contributed by atoms with Crippen molar-refractivity contribution in [2.24, 2.45) is 0 Å².